The van der Waals surface area contributed by atoms with Gasteiger partial charge in [0.15, 0.2) is 17.3 Å². The van der Waals surface area contributed by atoms with Crippen LogP contribution < -0.4 is 20.1 Å². The number of carbonyl (C=O) groups excluding carboxylic acids is 1. The van der Waals surface area contributed by atoms with Gasteiger partial charge in [-0.15, -0.1) is 0 Å². The summed E-state index contributed by atoms with van der Waals surface area (Å²) < 4.78 is 38.6. The number of nitrogen functional groups attached to an aromatic ring is 1. The molecule has 1 aliphatic heterocycles. The van der Waals surface area contributed by atoms with Crippen molar-refractivity contribution in [1.29, 1.82) is 0 Å². The zero-order valence-electron chi connectivity index (χ0n) is 18.5. The SMILES string of the molecule is COc1cc2c(N)nc(N3CCN(C(=O)CCc4cccc(F)c4)CC3)nc2c(F)c1OC. The molecule has 4 rings (SSSR count). The normalized spacial score (nSPS) is 13.9. The Morgan fingerprint density at radius 1 is 1.09 bits per heavy atom. The van der Waals surface area contributed by atoms with Crippen LogP contribution in [0.5, 0.6) is 11.5 Å². The number of nitrogens with two attached hydrogens (primary N) is 1. The van der Waals surface area contributed by atoms with Gasteiger partial charge in [-0.1, -0.05) is 12.1 Å². The first-order chi connectivity index (χ1) is 15.9. The third-order valence-electron chi connectivity index (χ3n) is 5.73. The van der Waals surface area contributed by atoms with E-state index in [-0.39, 0.29) is 40.5 Å². The van der Waals surface area contributed by atoms with Gasteiger partial charge in [0, 0.05) is 38.0 Å². The molecule has 1 amide bonds. The molecule has 0 bridgehead atoms. The number of fused-ring (bicyclic) bond motifs is 1. The predicted molar refractivity (Wildman–Crippen MR) is 121 cm³/mol. The van der Waals surface area contributed by atoms with Gasteiger partial charge in [0.05, 0.1) is 14.2 Å². The molecular formula is C23H25F2N5O3. The average molecular weight is 457 g/mol. The molecule has 1 aromatic heterocycles. The maximum absolute atomic E-state index is 15.0. The number of rotatable bonds is 6. The van der Waals surface area contributed by atoms with Crippen LogP contribution in [-0.2, 0) is 11.2 Å². The largest absolute Gasteiger partial charge is 0.493 e. The van der Waals surface area contributed by atoms with Crippen molar-refractivity contribution in [3.05, 3.63) is 47.5 Å². The number of ether oxygens (including phenoxy) is 2. The molecule has 2 heterocycles. The molecule has 0 unspecified atom stereocenters. The first-order valence-corrected chi connectivity index (χ1v) is 10.6. The first kappa shape index (κ1) is 22.5. The van der Waals surface area contributed by atoms with E-state index in [1.165, 1.54) is 26.4 Å². The van der Waals surface area contributed by atoms with E-state index in [2.05, 4.69) is 9.97 Å². The van der Waals surface area contributed by atoms with E-state index in [0.29, 0.717) is 44.4 Å². The number of aryl methyl sites for hydroxylation is 1. The summed E-state index contributed by atoms with van der Waals surface area (Å²) in [7, 11) is 2.76. The van der Waals surface area contributed by atoms with Crippen LogP contribution >= 0.6 is 0 Å². The highest BCUT2D eigenvalue weighted by Crippen LogP contribution is 2.37. The van der Waals surface area contributed by atoms with Crippen LogP contribution in [0.2, 0.25) is 0 Å². The number of methoxy groups -OCH3 is 2. The molecule has 1 fully saturated rings. The molecule has 0 saturated carbocycles. The summed E-state index contributed by atoms with van der Waals surface area (Å²) in [5.41, 5.74) is 6.93. The Kier molecular flexibility index (Phi) is 6.43. The van der Waals surface area contributed by atoms with Crippen LogP contribution in [0.3, 0.4) is 0 Å². The molecular weight excluding hydrogens is 432 g/mol. The minimum atomic E-state index is -0.673. The van der Waals surface area contributed by atoms with E-state index in [0.717, 1.165) is 5.56 Å². The molecule has 1 saturated heterocycles. The zero-order valence-corrected chi connectivity index (χ0v) is 18.5. The minimum Gasteiger partial charge on any atom is -0.493 e. The minimum absolute atomic E-state index is 0.000677. The maximum Gasteiger partial charge on any atom is 0.228 e. The Balaban J connectivity index is 1.45. The van der Waals surface area contributed by atoms with E-state index in [9.17, 15) is 9.18 Å². The number of piperazine rings is 1. The zero-order chi connectivity index (χ0) is 23.5. The Morgan fingerprint density at radius 2 is 1.85 bits per heavy atom. The Bertz CT molecular complexity index is 1180. The van der Waals surface area contributed by atoms with Gasteiger partial charge >= 0.3 is 0 Å². The van der Waals surface area contributed by atoms with Crippen molar-refractivity contribution in [2.45, 2.75) is 12.8 Å². The van der Waals surface area contributed by atoms with E-state index in [1.807, 2.05) is 4.90 Å². The van der Waals surface area contributed by atoms with Crippen LogP contribution in [0.15, 0.2) is 30.3 Å². The topological polar surface area (TPSA) is 93.8 Å². The molecule has 3 aromatic rings. The van der Waals surface area contributed by atoms with Gasteiger partial charge in [0.2, 0.25) is 11.9 Å². The van der Waals surface area contributed by atoms with Gasteiger partial charge in [0.1, 0.15) is 17.2 Å². The quantitative estimate of drug-likeness (QED) is 0.608. The fourth-order valence-electron chi connectivity index (χ4n) is 3.94. The molecule has 10 heteroatoms. The van der Waals surface area contributed by atoms with Gasteiger partial charge in [-0.3, -0.25) is 4.79 Å². The third kappa shape index (κ3) is 4.59. The van der Waals surface area contributed by atoms with Crippen molar-refractivity contribution in [3.63, 3.8) is 0 Å². The molecule has 0 spiro atoms. The second-order valence-electron chi connectivity index (χ2n) is 7.73. The predicted octanol–water partition coefficient (Wildman–Crippen LogP) is 2.79. The number of nitrogens with zero attached hydrogens (tertiary/aromatic N) is 4. The summed E-state index contributed by atoms with van der Waals surface area (Å²) in [4.78, 5) is 24.9. The number of carbonyl (C=O) groups is 1. The third-order valence-corrected chi connectivity index (χ3v) is 5.73. The smallest absolute Gasteiger partial charge is 0.228 e. The van der Waals surface area contributed by atoms with E-state index < -0.39 is 5.82 Å². The maximum atomic E-state index is 15.0. The molecule has 0 aliphatic carbocycles. The van der Waals surface area contributed by atoms with Crippen molar-refractivity contribution in [1.82, 2.24) is 14.9 Å². The van der Waals surface area contributed by atoms with Gasteiger partial charge < -0.3 is 25.0 Å². The van der Waals surface area contributed by atoms with Crippen molar-refractivity contribution in [3.8, 4) is 11.5 Å². The van der Waals surface area contributed by atoms with Gasteiger partial charge in [-0.2, -0.15) is 4.98 Å². The first-order valence-electron chi connectivity index (χ1n) is 10.6. The summed E-state index contributed by atoms with van der Waals surface area (Å²) in [5, 5.41) is 0.333. The van der Waals surface area contributed by atoms with Crippen LogP contribution in [0.4, 0.5) is 20.5 Å². The van der Waals surface area contributed by atoms with Crippen molar-refractivity contribution >= 4 is 28.6 Å². The van der Waals surface area contributed by atoms with E-state index in [1.54, 1.807) is 23.1 Å². The number of aromatic nitrogens is 2. The molecule has 33 heavy (non-hydrogen) atoms. The number of anilines is 2. The highest BCUT2D eigenvalue weighted by atomic mass is 19.1. The van der Waals surface area contributed by atoms with Crippen molar-refractivity contribution in [2.24, 2.45) is 0 Å². The van der Waals surface area contributed by atoms with Crippen molar-refractivity contribution in [2.75, 3.05) is 51.0 Å². The Labute approximate surface area is 189 Å². The molecule has 0 atom stereocenters. The lowest BCUT2D eigenvalue weighted by atomic mass is 10.1. The fourth-order valence-corrected chi connectivity index (χ4v) is 3.94. The number of hydrogen-bond donors (Lipinski definition) is 1. The Morgan fingerprint density at radius 3 is 2.52 bits per heavy atom. The van der Waals surface area contributed by atoms with Crippen LogP contribution in [0.25, 0.3) is 10.9 Å². The molecule has 0 radical (unpaired) electrons. The second kappa shape index (κ2) is 9.43. The molecule has 174 valence electrons. The fraction of sp³-hybridized carbons (Fsp3) is 0.348. The average Bonchev–Trinajstić information content (AvgIpc) is 2.83. The van der Waals surface area contributed by atoms with Crippen LogP contribution in [0, 0.1) is 11.6 Å². The van der Waals surface area contributed by atoms with Gasteiger partial charge in [-0.25, -0.2) is 13.8 Å². The summed E-state index contributed by atoms with van der Waals surface area (Å²) in [6, 6.07) is 7.81. The van der Waals surface area contributed by atoms with E-state index in [4.69, 9.17) is 15.2 Å². The molecule has 1 aliphatic rings. The summed E-state index contributed by atoms with van der Waals surface area (Å²) in [6.45, 7) is 1.90. The number of benzene rings is 2. The lowest BCUT2D eigenvalue weighted by Crippen LogP contribution is -2.49. The van der Waals surface area contributed by atoms with Crippen LogP contribution in [-0.4, -0.2) is 61.2 Å². The highest BCUT2D eigenvalue weighted by Gasteiger charge is 2.25. The lowest BCUT2D eigenvalue weighted by Gasteiger charge is -2.35. The lowest BCUT2D eigenvalue weighted by molar-refractivity contribution is -0.131. The highest BCUT2D eigenvalue weighted by molar-refractivity contribution is 5.92. The van der Waals surface area contributed by atoms with Gasteiger partial charge in [-0.05, 0) is 30.2 Å². The summed E-state index contributed by atoms with van der Waals surface area (Å²) in [6.07, 6.45) is 0.779. The second-order valence-corrected chi connectivity index (χ2v) is 7.73. The number of hydrogen-bond acceptors (Lipinski definition) is 7. The monoisotopic (exact) mass is 457 g/mol. The summed E-state index contributed by atoms with van der Waals surface area (Å²) >= 11 is 0. The van der Waals surface area contributed by atoms with Gasteiger partial charge in [0.25, 0.3) is 0 Å². The molecule has 2 N–H and O–H groups in total. The summed E-state index contributed by atoms with van der Waals surface area (Å²) in [5.74, 6) is -0.412. The molecule has 2 aromatic carbocycles. The standard InChI is InChI=1S/C23H25F2N5O3/c1-32-17-13-16-20(19(25)21(17)33-2)27-23(28-22(16)26)30-10-8-29(9-11-30)18(31)7-6-14-4-3-5-15(24)12-14/h3-5,12-13H,6-11H2,1-2H3,(H2,26,27,28). The Hall–Kier alpha value is -3.69. The van der Waals surface area contributed by atoms with Crippen LogP contribution in [0.1, 0.15) is 12.0 Å². The molecule has 8 nitrogen and oxygen atoms in total. The van der Waals surface area contributed by atoms with E-state index >= 15 is 4.39 Å². The van der Waals surface area contributed by atoms with Crippen molar-refractivity contribution < 1.29 is 23.0 Å². The number of amides is 1. The number of halogens is 2.